The van der Waals surface area contributed by atoms with Crippen molar-refractivity contribution in [1.29, 1.82) is 0 Å². The number of nitrogens with one attached hydrogen (secondary N) is 2. The van der Waals surface area contributed by atoms with E-state index in [1.54, 1.807) is 37.4 Å². The molecule has 4 aromatic rings. The zero-order valence-corrected chi connectivity index (χ0v) is 33.5. The van der Waals surface area contributed by atoms with Gasteiger partial charge in [0.05, 0.1) is 42.0 Å². The second-order valence-electron chi connectivity index (χ2n) is 17.6. The maximum Gasteiger partial charge on any atom is 0.262 e. The van der Waals surface area contributed by atoms with Gasteiger partial charge in [0.2, 0.25) is 17.7 Å². The molecule has 5 amide bonds. The Morgan fingerprint density at radius 2 is 1.61 bits per heavy atom. The van der Waals surface area contributed by atoms with Gasteiger partial charge < -0.3 is 9.80 Å². The summed E-state index contributed by atoms with van der Waals surface area (Å²) in [5.41, 5.74) is 4.31. The van der Waals surface area contributed by atoms with E-state index in [-0.39, 0.29) is 47.4 Å². The van der Waals surface area contributed by atoms with Crippen LogP contribution in [0.5, 0.6) is 0 Å². The maximum absolute atomic E-state index is 16.4. The Balaban J connectivity index is 0.780. The van der Waals surface area contributed by atoms with Gasteiger partial charge in [0.1, 0.15) is 17.7 Å². The number of carbonyl (C=O) groups excluding carboxylic acids is 5. The fourth-order valence-corrected chi connectivity index (χ4v) is 10.8. The molecule has 2 N–H and O–H groups in total. The summed E-state index contributed by atoms with van der Waals surface area (Å²) in [7, 11) is 0. The molecular formula is C44H44F4N8O5. The zero-order valence-electron chi connectivity index (χ0n) is 33.5. The standard InChI is InChI=1S/C44H44F4N8O5/c1-23-12-28-27(2-3-34-31(28)17-49-51-34)40(55(23)20-36(47)48)39-32(45)15-26(16-33(39)46)54-11-8-44(22-54)6-9-53(10-7-44)38(58)21-52-18-24-13-29-30(14-25(24)19-52)43(61)56(42(29)60)35-4-5-37(57)50-41(35)59/h2-3,13-17,23,35-36,40H,4-12,18-22H2,1H3,(H,49,51)(H,50,57,59)/t23-,35?,40+/m1/s1. The number of benzene rings is 3. The van der Waals surface area contributed by atoms with Gasteiger partial charge in [0.25, 0.3) is 18.2 Å². The van der Waals surface area contributed by atoms with Crippen molar-refractivity contribution >= 4 is 46.1 Å². The number of nitrogens with zero attached hydrogens (tertiary/aromatic N) is 6. The number of hydrogen-bond acceptors (Lipinski definition) is 9. The Hall–Kier alpha value is -5.68. The SMILES string of the molecule is C[C@@H]1Cc2c(ccc3[nH]ncc23)[C@@H](c2c(F)cc(N3CCC4(CCN(C(=O)CN5Cc6cc7c(cc6C5)C(=O)N(C5CCC(=O)NC5=O)C7=O)CC4)C3)cc2F)N1CC(F)F. The van der Waals surface area contributed by atoms with Crippen LogP contribution < -0.4 is 10.2 Å². The van der Waals surface area contributed by atoms with Gasteiger partial charge in [-0.2, -0.15) is 5.10 Å². The molecule has 1 unspecified atom stereocenters. The third-order valence-electron chi connectivity index (χ3n) is 14.0. The molecule has 10 rings (SSSR count). The molecule has 13 nitrogen and oxygen atoms in total. The molecular weight excluding hydrogens is 797 g/mol. The molecule has 3 aromatic carbocycles. The van der Waals surface area contributed by atoms with Crippen molar-refractivity contribution < 1.29 is 41.5 Å². The Labute approximate surface area is 348 Å². The molecule has 3 saturated heterocycles. The Bertz CT molecular complexity index is 2470. The fourth-order valence-electron chi connectivity index (χ4n) is 10.8. The average molecular weight is 841 g/mol. The van der Waals surface area contributed by atoms with Crippen LogP contribution in [0, 0.1) is 17.0 Å². The molecule has 3 atom stereocenters. The summed E-state index contributed by atoms with van der Waals surface area (Å²) >= 11 is 0. The van der Waals surface area contributed by atoms with Crippen molar-refractivity contribution in [3.05, 3.63) is 93.2 Å². The minimum Gasteiger partial charge on any atom is -0.371 e. The number of rotatable bonds is 7. The summed E-state index contributed by atoms with van der Waals surface area (Å²) in [6.07, 6.45) is 1.76. The van der Waals surface area contributed by atoms with E-state index < -0.39 is 66.4 Å². The summed E-state index contributed by atoms with van der Waals surface area (Å²) in [5, 5.41) is 10.1. The highest BCUT2D eigenvalue weighted by atomic mass is 19.3. The number of aromatic nitrogens is 2. The third-order valence-corrected chi connectivity index (χ3v) is 14.0. The molecule has 6 aliphatic rings. The van der Waals surface area contributed by atoms with Crippen LogP contribution in [0.1, 0.15) is 93.6 Å². The predicted molar refractivity (Wildman–Crippen MR) is 212 cm³/mol. The van der Waals surface area contributed by atoms with E-state index >= 15 is 8.78 Å². The second-order valence-corrected chi connectivity index (χ2v) is 17.6. The quantitative estimate of drug-likeness (QED) is 0.201. The highest BCUT2D eigenvalue weighted by molar-refractivity contribution is 6.23. The van der Waals surface area contributed by atoms with Crippen LogP contribution in [0.2, 0.25) is 0 Å². The van der Waals surface area contributed by atoms with Crippen LogP contribution in [-0.2, 0) is 33.9 Å². The molecule has 318 valence electrons. The monoisotopic (exact) mass is 840 g/mol. The van der Waals surface area contributed by atoms with E-state index in [4.69, 9.17) is 0 Å². The van der Waals surface area contributed by atoms with Gasteiger partial charge in [0.15, 0.2) is 0 Å². The van der Waals surface area contributed by atoms with Crippen LogP contribution in [0.15, 0.2) is 42.6 Å². The number of hydrogen-bond donors (Lipinski definition) is 2. The molecule has 17 heteroatoms. The number of alkyl halides is 2. The molecule has 61 heavy (non-hydrogen) atoms. The number of likely N-dealkylation sites (tertiary alicyclic amines) is 1. The van der Waals surface area contributed by atoms with E-state index in [2.05, 4.69) is 15.5 Å². The second kappa shape index (κ2) is 14.8. The van der Waals surface area contributed by atoms with E-state index in [0.29, 0.717) is 56.9 Å². The highest BCUT2D eigenvalue weighted by Crippen LogP contribution is 2.46. The number of aromatic amines is 1. The van der Waals surface area contributed by atoms with Crippen LogP contribution in [0.3, 0.4) is 0 Å². The predicted octanol–water partition coefficient (Wildman–Crippen LogP) is 4.68. The van der Waals surface area contributed by atoms with Gasteiger partial charge in [-0.1, -0.05) is 6.07 Å². The molecule has 0 saturated carbocycles. The first-order valence-corrected chi connectivity index (χ1v) is 20.9. The van der Waals surface area contributed by atoms with Crippen LogP contribution in [-0.4, -0.2) is 117 Å². The lowest BCUT2D eigenvalue weighted by molar-refractivity contribution is -0.136. The van der Waals surface area contributed by atoms with Gasteiger partial charge in [-0.25, -0.2) is 17.6 Å². The topological polar surface area (TPSA) is 142 Å². The molecule has 1 aromatic heterocycles. The van der Waals surface area contributed by atoms with Gasteiger partial charge in [-0.3, -0.25) is 49.1 Å². The van der Waals surface area contributed by atoms with E-state index in [9.17, 15) is 32.8 Å². The molecule has 3 fully saturated rings. The summed E-state index contributed by atoms with van der Waals surface area (Å²) < 4.78 is 60.6. The number of H-pyrrole nitrogens is 1. The van der Waals surface area contributed by atoms with Crippen molar-refractivity contribution in [1.82, 2.24) is 35.1 Å². The highest BCUT2D eigenvalue weighted by Gasteiger charge is 2.47. The van der Waals surface area contributed by atoms with Crippen molar-refractivity contribution in [2.75, 3.05) is 44.2 Å². The molecule has 0 bridgehead atoms. The first-order chi connectivity index (χ1) is 29.3. The normalized spacial score (nSPS) is 24.0. The average Bonchev–Trinajstić information content (AvgIpc) is 4.01. The number of amides is 5. The van der Waals surface area contributed by atoms with Crippen LogP contribution in [0.4, 0.5) is 23.2 Å². The first-order valence-electron chi connectivity index (χ1n) is 20.9. The summed E-state index contributed by atoms with van der Waals surface area (Å²) in [4.78, 5) is 72.6. The lowest BCUT2D eigenvalue weighted by Crippen LogP contribution is -2.54. The number of halogens is 4. The van der Waals surface area contributed by atoms with E-state index in [1.807, 2.05) is 14.7 Å². The molecule has 0 radical (unpaired) electrons. The van der Waals surface area contributed by atoms with Crippen molar-refractivity contribution in [3.8, 4) is 0 Å². The largest absolute Gasteiger partial charge is 0.371 e. The number of fused-ring (bicyclic) bond motifs is 5. The minimum absolute atomic E-state index is 0.0334. The summed E-state index contributed by atoms with van der Waals surface area (Å²) in [6.45, 7) is 4.37. The zero-order chi connectivity index (χ0) is 42.5. The lowest BCUT2D eigenvalue weighted by Gasteiger charge is -2.42. The lowest BCUT2D eigenvalue weighted by atomic mass is 9.77. The van der Waals surface area contributed by atoms with Gasteiger partial charge in [-0.05, 0) is 97.0 Å². The van der Waals surface area contributed by atoms with Gasteiger partial charge >= 0.3 is 0 Å². The first kappa shape index (κ1) is 39.5. The Morgan fingerprint density at radius 1 is 0.934 bits per heavy atom. The van der Waals surface area contributed by atoms with E-state index in [1.165, 1.54) is 17.0 Å². The molecule has 6 aliphatic heterocycles. The van der Waals surface area contributed by atoms with Crippen LogP contribution in [0.25, 0.3) is 10.9 Å². The van der Waals surface area contributed by atoms with Gasteiger partial charge in [-0.15, -0.1) is 0 Å². The maximum atomic E-state index is 16.4. The Kier molecular flexibility index (Phi) is 9.54. The van der Waals surface area contributed by atoms with E-state index in [0.717, 1.165) is 51.8 Å². The number of anilines is 1. The molecule has 1 spiro atoms. The number of imide groups is 2. The molecule has 0 aliphatic carbocycles. The smallest absolute Gasteiger partial charge is 0.262 e. The molecule has 7 heterocycles. The number of piperidine rings is 2. The van der Waals surface area contributed by atoms with Gasteiger partial charge in [0, 0.05) is 68.4 Å². The summed E-state index contributed by atoms with van der Waals surface area (Å²) in [6, 6.07) is 7.04. The van der Waals surface area contributed by atoms with Crippen molar-refractivity contribution in [2.45, 2.75) is 83.1 Å². The van der Waals surface area contributed by atoms with Crippen molar-refractivity contribution in [3.63, 3.8) is 0 Å². The third kappa shape index (κ3) is 6.67. The van der Waals surface area contributed by atoms with Crippen LogP contribution >= 0.6 is 0 Å². The minimum atomic E-state index is -2.69. The van der Waals surface area contributed by atoms with Crippen molar-refractivity contribution in [2.24, 2.45) is 5.41 Å². The Morgan fingerprint density at radius 3 is 2.26 bits per heavy atom. The fraction of sp³-hybridized carbons (Fsp3) is 0.455. The number of carbonyl (C=O) groups is 5. The summed E-state index contributed by atoms with van der Waals surface area (Å²) in [5.74, 6) is -3.83.